The first kappa shape index (κ1) is 20.2. The number of hydrogen-bond acceptors (Lipinski definition) is 6. The zero-order valence-electron chi connectivity index (χ0n) is 17.1. The van der Waals surface area contributed by atoms with E-state index in [1.54, 1.807) is 34.8 Å². The number of aromatic nitrogens is 3. The van der Waals surface area contributed by atoms with Crippen molar-refractivity contribution in [2.75, 3.05) is 7.11 Å². The van der Waals surface area contributed by atoms with Crippen molar-refractivity contribution in [2.45, 2.75) is 34.3 Å². The molecule has 0 aliphatic carbocycles. The van der Waals surface area contributed by atoms with Crippen molar-refractivity contribution in [1.29, 1.82) is 0 Å². The van der Waals surface area contributed by atoms with Crippen LogP contribution < -0.4 is 4.74 Å². The molecule has 3 rings (SSSR count). The molecule has 2 aliphatic heterocycles. The molecule has 1 aromatic carbocycles. The van der Waals surface area contributed by atoms with Crippen molar-refractivity contribution in [3.63, 3.8) is 0 Å². The molecular weight excluding hydrogens is 370 g/mol. The molecule has 1 N–H and O–H groups in total. The number of esters is 1. The number of carbonyl (C=O) groups is 1. The maximum Gasteiger partial charge on any atom is 0.311 e. The molecule has 2 heterocycles. The van der Waals surface area contributed by atoms with E-state index in [9.17, 15) is 9.90 Å². The Kier molecular flexibility index (Phi) is 5.46. The molecule has 0 unspecified atom stereocenters. The minimum absolute atomic E-state index is 0.00357. The number of benzene rings is 1. The molecule has 29 heavy (non-hydrogen) atoms. The number of hydrogen-bond donors (Lipinski definition) is 1. The van der Waals surface area contributed by atoms with Crippen LogP contribution in [0.2, 0.25) is 0 Å². The first-order valence-electron chi connectivity index (χ1n) is 9.09. The van der Waals surface area contributed by atoms with Gasteiger partial charge in [-0.25, -0.2) is 14.5 Å². The molecule has 0 radical (unpaired) electrons. The topological polar surface area (TPSA) is 86.5 Å². The van der Waals surface area contributed by atoms with Crippen molar-refractivity contribution in [3.05, 3.63) is 47.4 Å². The van der Waals surface area contributed by atoms with Gasteiger partial charge in [-0.3, -0.25) is 4.79 Å². The summed E-state index contributed by atoms with van der Waals surface area (Å²) in [5.74, 6) is 3.65. The molecule has 0 saturated carbocycles. The van der Waals surface area contributed by atoms with Crippen LogP contribution in [0.3, 0.4) is 0 Å². The van der Waals surface area contributed by atoms with Gasteiger partial charge in [0.1, 0.15) is 18.7 Å². The van der Waals surface area contributed by atoms with Crippen LogP contribution in [0, 0.1) is 24.3 Å². The van der Waals surface area contributed by atoms with Crippen LogP contribution in [0.15, 0.2) is 30.6 Å². The van der Waals surface area contributed by atoms with Crippen LogP contribution in [0.25, 0.3) is 11.4 Å². The van der Waals surface area contributed by atoms with E-state index < -0.39 is 5.41 Å². The molecule has 0 bridgehead atoms. The third-order valence-corrected chi connectivity index (χ3v) is 4.35. The summed E-state index contributed by atoms with van der Waals surface area (Å²) >= 11 is 0. The van der Waals surface area contributed by atoms with Crippen LogP contribution in [0.4, 0.5) is 0 Å². The smallest absolute Gasteiger partial charge is 0.311 e. The normalized spacial score (nSPS) is 11.1. The van der Waals surface area contributed by atoms with Gasteiger partial charge in [-0.1, -0.05) is 0 Å². The van der Waals surface area contributed by atoms with Crippen molar-refractivity contribution < 1.29 is 19.4 Å². The fourth-order valence-electron chi connectivity index (χ4n) is 2.63. The van der Waals surface area contributed by atoms with Gasteiger partial charge in [0.05, 0.1) is 18.1 Å². The zero-order valence-corrected chi connectivity index (χ0v) is 17.1. The second-order valence-corrected chi connectivity index (χ2v) is 7.60. The predicted molar refractivity (Wildman–Crippen MR) is 108 cm³/mol. The summed E-state index contributed by atoms with van der Waals surface area (Å²) in [6.45, 7) is 7.14. The van der Waals surface area contributed by atoms with Gasteiger partial charge in [0, 0.05) is 22.9 Å². The van der Waals surface area contributed by atoms with E-state index in [2.05, 4.69) is 21.9 Å². The standard InChI is InChI=1S/C22H23N3O4/c1-14-17(12-29-21(27)22(2,3)4)18-19(24-14)23-13-25(20(18)26)11-10-15-6-8-16(28-5)9-7-15/h6-9,13,26H,12H2,1-5H3. The summed E-state index contributed by atoms with van der Waals surface area (Å²) in [5, 5.41) is 10.7. The molecule has 7 heteroatoms. The summed E-state index contributed by atoms with van der Waals surface area (Å²) < 4.78 is 11.9. The third-order valence-electron chi connectivity index (χ3n) is 4.35. The lowest BCUT2D eigenvalue weighted by molar-refractivity contribution is -0.154. The summed E-state index contributed by atoms with van der Waals surface area (Å²) in [6.07, 6.45) is 1.41. The Hall–Kier alpha value is -3.53. The number of carbonyl (C=O) groups excluding carboxylic acids is 1. The summed E-state index contributed by atoms with van der Waals surface area (Å²) in [7, 11) is 1.60. The quantitative estimate of drug-likeness (QED) is 0.542. The van der Waals surface area contributed by atoms with Gasteiger partial charge in [-0.15, -0.1) is 0 Å². The Morgan fingerprint density at radius 2 is 1.93 bits per heavy atom. The first-order chi connectivity index (χ1) is 13.7. The SMILES string of the molecule is COc1ccc(C#Cn2cnc3nc(C)c(COC(=O)C(C)(C)C)c-3c2O)cc1. The number of fused-ring (bicyclic) bond motifs is 1. The van der Waals surface area contributed by atoms with Gasteiger partial charge in [0.15, 0.2) is 5.82 Å². The van der Waals surface area contributed by atoms with Crippen LogP contribution in [-0.4, -0.2) is 32.7 Å². The minimum Gasteiger partial charge on any atom is -0.497 e. The molecule has 0 amide bonds. The van der Waals surface area contributed by atoms with E-state index in [1.165, 1.54) is 10.9 Å². The molecule has 7 nitrogen and oxygen atoms in total. The molecule has 150 valence electrons. The van der Waals surface area contributed by atoms with Gasteiger partial charge < -0.3 is 14.6 Å². The Bertz CT molecular complexity index is 1070. The van der Waals surface area contributed by atoms with Crippen LogP contribution in [0.1, 0.15) is 37.6 Å². The highest BCUT2D eigenvalue weighted by atomic mass is 16.5. The second-order valence-electron chi connectivity index (χ2n) is 7.60. The van der Waals surface area contributed by atoms with E-state index in [-0.39, 0.29) is 18.5 Å². The van der Waals surface area contributed by atoms with E-state index in [0.29, 0.717) is 22.6 Å². The number of rotatable bonds is 3. The number of aryl methyl sites for hydroxylation is 1. The molecule has 1 aromatic rings. The molecule has 0 spiro atoms. The average molecular weight is 393 g/mol. The van der Waals surface area contributed by atoms with Crippen LogP contribution in [0.5, 0.6) is 11.6 Å². The molecular formula is C22H23N3O4. The van der Waals surface area contributed by atoms with Gasteiger partial charge >= 0.3 is 5.97 Å². The highest BCUT2D eigenvalue weighted by Gasteiger charge is 2.27. The fraction of sp³-hybridized carbons (Fsp3) is 0.318. The van der Waals surface area contributed by atoms with Crippen LogP contribution >= 0.6 is 0 Å². The van der Waals surface area contributed by atoms with Gasteiger partial charge in [0.25, 0.3) is 0 Å². The number of methoxy groups -OCH3 is 1. The lowest BCUT2D eigenvalue weighted by Crippen LogP contribution is -2.22. The lowest BCUT2D eigenvalue weighted by Gasteiger charge is -2.17. The number of aromatic hydroxyl groups is 1. The van der Waals surface area contributed by atoms with Crippen molar-refractivity contribution >= 4 is 5.97 Å². The largest absolute Gasteiger partial charge is 0.497 e. The van der Waals surface area contributed by atoms with Crippen molar-refractivity contribution in [3.8, 4) is 35.0 Å². The summed E-state index contributed by atoms with van der Waals surface area (Å²) in [5.41, 5.74) is 1.83. The van der Waals surface area contributed by atoms with Crippen molar-refractivity contribution in [2.24, 2.45) is 5.41 Å². The van der Waals surface area contributed by atoms with E-state index in [4.69, 9.17) is 9.47 Å². The highest BCUT2D eigenvalue weighted by Crippen LogP contribution is 2.35. The Balaban J connectivity index is 1.93. The maximum absolute atomic E-state index is 12.1. The average Bonchev–Trinajstić information content (AvgIpc) is 3.01. The Morgan fingerprint density at radius 1 is 1.24 bits per heavy atom. The molecule has 0 aromatic heterocycles. The molecule has 0 atom stereocenters. The van der Waals surface area contributed by atoms with Gasteiger partial charge in [-0.2, -0.15) is 0 Å². The third kappa shape index (κ3) is 4.32. The molecule has 2 aliphatic rings. The fourth-order valence-corrected chi connectivity index (χ4v) is 2.63. The van der Waals surface area contributed by atoms with E-state index in [1.807, 2.05) is 24.3 Å². The molecule has 0 fully saturated rings. The minimum atomic E-state index is -0.617. The van der Waals surface area contributed by atoms with Crippen molar-refractivity contribution in [1.82, 2.24) is 14.5 Å². The maximum atomic E-state index is 12.1. The number of ether oxygens (including phenoxy) is 2. The second kappa shape index (κ2) is 7.84. The van der Waals surface area contributed by atoms with Gasteiger partial charge in [-0.05, 0) is 57.9 Å². The first-order valence-corrected chi connectivity index (χ1v) is 9.09. The Labute approximate surface area is 169 Å². The number of nitrogens with zero attached hydrogens (tertiary/aromatic N) is 3. The summed E-state index contributed by atoms with van der Waals surface area (Å²) in [4.78, 5) is 20.7. The van der Waals surface area contributed by atoms with Crippen LogP contribution in [-0.2, 0) is 16.1 Å². The van der Waals surface area contributed by atoms with E-state index >= 15 is 0 Å². The van der Waals surface area contributed by atoms with E-state index in [0.717, 1.165) is 11.3 Å². The molecule has 0 saturated heterocycles. The predicted octanol–water partition coefficient (Wildman–Crippen LogP) is 3.35. The van der Waals surface area contributed by atoms with Gasteiger partial charge in [0.2, 0.25) is 5.88 Å². The zero-order chi connectivity index (χ0) is 21.2. The summed E-state index contributed by atoms with van der Waals surface area (Å²) in [6, 6.07) is 10.1. The lowest BCUT2D eigenvalue weighted by atomic mass is 9.97. The Morgan fingerprint density at radius 3 is 2.55 bits per heavy atom. The monoisotopic (exact) mass is 393 g/mol. The highest BCUT2D eigenvalue weighted by molar-refractivity contribution is 5.76.